The fourth-order valence-electron chi connectivity index (χ4n) is 3.75. The molecule has 19 heavy (non-hydrogen) atoms. The summed E-state index contributed by atoms with van der Waals surface area (Å²) in [6.45, 7) is 4.96. The molecule has 0 fully saturated rings. The van der Waals surface area contributed by atoms with Crippen LogP contribution in [0.5, 0.6) is 5.75 Å². The van der Waals surface area contributed by atoms with Gasteiger partial charge < -0.3 is 14.6 Å². The number of ether oxygens (including phenoxy) is 1. The number of hydrogen-bond donors (Lipinski definition) is 1. The van der Waals surface area contributed by atoms with E-state index in [1.807, 2.05) is 6.92 Å². The predicted molar refractivity (Wildman–Crippen MR) is 76.8 cm³/mol. The maximum absolute atomic E-state index is 5.67. The minimum absolute atomic E-state index is 0.570. The van der Waals surface area contributed by atoms with Crippen molar-refractivity contribution in [3.8, 4) is 5.75 Å². The lowest BCUT2D eigenvalue weighted by Crippen LogP contribution is -2.35. The van der Waals surface area contributed by atoms with E-state index in [0.29, 0.717) is 6.04 Å². The molecular weight excluding hydrogens is 236 g/mol. The molecule has 1 atom stereocenters. The molecule has 100 valence electrons. The van der Waals surface area contributed by atoms with Crippen LogP contribution in [0.15, 0.2) is 18.2 Å². The lowest BCUT2D eigenvalue weighted by atomic mass is 9.91. The quantitative estimate of drug-likeness (QED) is 0.894. The zero-order chi connectivity index (χ0) is 12.8. The summed E-state index contributed by atoms with van der Waals surface area (Å²) in [5, 5.41) is 5.08. The Labute approximate surface area is 113 Å². The molecular formula is C16H20N2O. The van der Waals surface area contributed by atoms with Crippen LogP contribution in [0.3, 0.4) is 0 Å². The molecule has 1 aromatic heterocycles. The predicted octanol–water partition coefficient (Wildman–Crippen LogP) is 3.02. The number of nitrogens with zero attached hydrogens (tertiary/aromatic N) is 1. The Morgan fingerprint density at radius 1 is 1.42 bits per heavy atom. The first-order valence-electron chi connectivity index (χ1n) is 7.39. The van der Waals surface area contributed by atoms with Crippen molar-refractivity contribution in [2.75, 3.05) is 13.2 Å². The molecule has 3 heteroatoms. The highest BCUT2D eigenvalue weighted by Gasteiger charge is 2.29. The van der Waals surface area contributed by atoms with E-state index in [1.54, 1.807) is 11.3 Å². The molecule has 2 heterocycles. The van der Waals surface area contributed by atoms with Gasteiger partial charge in [0.1, 0.15) is 5.75 Å². The van der Waals surface area contributed by atoms with Crippen LogP contribution in [0.25, 0.3) is 10.9 Å². The summed E-state index contributed by atoms with van der Waals surface area (Å²) in [7, 11) is 0. The van der Waals surface area contributed by atoms with Crippen molar-refractivity contribution in [1.82, 2.24) is 9.88 Å². The summed E-state index contributed by atoms with van der Waals surface area (Å²) >= 11 is 0. The summed E-state index contributed by atoms with van der Waals surface area (Å²) in [4.78, 5) is 0. The Kier molecular flexibility index (Phi) is 2.55. The number of fused-ring (bicyclic) bond motifs is 3. The highest BCUT2D eigenvalue weighted by atomic mass is 16.5. The van der Waals surface area contributed by atoms with Gasteiger partial charge in [-0.3, -0.25) is 0 Å². The summed E-state index contributed by atoms with van der Waals surface area (Å²) in [6, 6.07) is 7.15. The third-order valence-electron chi connectivity index (χ3n) is 4.47. The van der Waals surface area contributed by atoms with Gasteiger partial charge in [0, 0.05) is 35.7 Å². The average molecular weight is 256 g/mol. The molecule has 4 rings (SSSR count). The van der Waals surface area contributed by atoms with E-state index in [-0.39, 0.29) is 0 Å². The smallest absolute Gasteiger partial charge is 0.120 e. The van der Waals surface area contributed by atoms with Crippen molar-refractivity contribution < 1.29 is 4.74 Å². The fourth-order valence-corrected chi connectivity index (χ4v) is 3.75. The third-order valence-corrected chi connectivity index (χ3v) is 4.47. The molecule has 0 bridgehead atoms. The van der Waals surface area contributed by atoms with Crippen molar-refractivity contribution in [3.05, 3.63) is 29.5 Å². The van der Waals surface area contributed by atoms with Gasteiger partial charge in [-0.15, -0.1) is 0 Å². The van der Waals surface area contributed by atoms with E-state index in [0.717, 1.165) is 25.4 Å². The molecule has 1 unspecified atom stereocenters. The third kappa shape index (κ3) is 1.61. The number of hydrogen-bond acceptors (Lipinski definition) is 2. The van der Waals surface area contributed by atoms with Gasteiger partial charge in [-0.25, -0.2) is 0 Å². The van der Waals surface area contributed by atoms with E-state index < -0.39 is 0 Å². The van der Waals surface area contributed by atoms with E-state index in [4.69, 9.17) is 4.74 Å². The molecule has 0 saturated carbocycles. The number of rotatable bonds is 2. The van der Waals surface area contributed by atoms with Crippen molar-refractivity contribution >= 4 is 10.9 Å². The molecule has 1 N–H and O–H groups in total. The zero-order valence-corrected chi connectivity index (χ0v) is 11.4. The van der Waals surface area contributed by atoms with Gasteiger partial charge in [-0.1, -0.05) is 0 Å². The standard InChI is InChI=1S/C16H20N2O/c1-2-19-11-6-7-15-13(10-11)12-4-3-5-14-16(12)18(15)9-8-17-14/h6-7,10,14,17H,2-5,8-9H2,1H3. The number of nitrogens with one attached hydrogen (secondary N) is 1. The molecule has 1 aromatic carbocycles. The Morgan fingerprint density at radius 2 is 2.37 bits per heavy atom. The van der Waals surface area contributed by atoms with Crippen LogP contribution in [-0.4, -0.2) is 17.7 Å². The number of aromatic nitrogens is 1. The average Bonchev–Trinajstić information content (AvgIpc) is 2.77. The van der Waals surface area contributed by atoms with Crippen molar-refractivity contribution in [2.24, 2.45) is 0 Å². The molecule has 1 aliphatic carbocycles. The Bertz CT molecular complexity index is 627. The Hall–Kier alpha value is -1.48. The summed E-state index contributed by atoms with van der Waals surface area (Å²) in [5.74, 6) is 1.00. The van der Waals surface area contributed by atoms with E-state index in [2.05, 4.69) is 28.1 Å². The van der Waals surface area contributed by atoms with Crippen LogP contribution in [0.2, 0.25) is 0 Å². The van der Waals surface area contributed by atoms with Gasteiger partial charge in [0.15, 0.2) is 0 Å². The van der Waals surface area contributed by atoms with Gasteiger partial charge in [0.05, 0.1) is 6.61 Å². The molecule has 2 aromatic rings. The second kappa shape index (κ2) is 4.27. The van der Waals surface area contributed by atoms with Crippen LogP contribution >= 0.6 is 0 Å². The topological polar surface area (TPSA) is 26.2 Å². The fraction of sp³-hybridized carbons (Fsp3) is 0.500. The van der Waals surface area contributed by atoms with Crippen LogP contribution < -0.4 is 10.1 Å². The normalized spacial score (nSPS) is 21.4. The minimum atomic E-state index is 0.570. The van der Waals surface area contributed by atoms with Crippen LogP contribution in [0, 0.1) is 0 Å². The monoisotopic (exact) mass is 256 g/mol. The molecule has 2 aliphatic rings. The van der Waals surface area contributed by atoms with Crippen LogP contribution in [0.4, 0.5) is 0 Å². The largest absolute Gasteiger partial charge is 0.494 e. The van der Waals surface area contributed by atoms with E-state index in [9.17, 15) is 0 Å². The summed E-state index contributed by atoms with van der Waals surface area (Å²) in [5.41, 5.74) is 4.49. The Morgan fingerprint density at radius 3 is 3.26 bits per heavy atom. The van der Waals surface area contributed by atoms with Gasteiger partial charge in [0.2, 0.25) is 0 Å². The molecule has 0 amide bonds. The summed E-state index contributed by atoms with van der Waals surface area (Å²) in [6.07, 6.45) is 3.79. The number of aryl methyl sites for hydroxylation is 1. The van der Waals surface area contributed by atoms with Gasteiger partial charge in [-0.05, 0) is 49.9 Å². The van der Waals surface area contributed by atoms with Crippen LogP contribution in [-0.2, 0) is 13.0 Å². The lowest BCUT2D eigenvalue weighted by molar-refractivity contribution is 0.340. The first-order chi connectivity index (χ1) is 9.38. The van der Waals surface area contributed by atoms with Crippen LogP contribution in [0.1, 0.15) is 37.1 Å². The van der Waals surface area contributed by atoms with Gasteiger partial charge in [0.25, 0.3) is 0 Å². The van der Waals surface area contributed by atoms with Gasteiger partial charge >= 0.3 is 0 Å². The molecule has 0 radical (unpaired) electrons. The van der Waals surface area contributed by atoms with Crippen molar-refractivity contribution in [3.63, 3.8) is 0 Å². The number of benzene rings is 1. The maximum atomic E-state index is 5.67. The molecule has 3 nitrogen and oxygen atoms in total. The van der Waals surface area contributed by atoms with E-state index in [1.165, 1.54) is 30.2 Å². The second-order valence-corrected chi connectivity index (χ2v) is 5.53. The molecule has 1 aliphatic heterocycles. The first kappa shape index (κ1) is 11.4. The van der Waals surface area contributed by atoms with Gasteiger partial charge in [-0.2, -0.15) is 0 Å². The van der Waals surface area contributed by atoms with Crippen molar-refractivity contribution in [1.29, 1.82) is 0 Å². The maximum Gasteiger partial charge on any atom is 0.120 e. The lowest BCUT2D eigenvalue weighted by Gasteiger charge is -2.31. The molecule has 0 saturated heterocycles. The zero-order valence-electron chi connectivity index (χ0n) is 11.4. The van der Waals surface area contributed by atoms with Crippen molar-refractivity contribution in [2.45, 2.75) is 38.8 Å². The Balaban J connectivity index is 1.96. The highest BCUT2D eigenvalue weighted by molar-refractivity contribution is 5.87. The minimum Gasteiger partial charge on any atom is -0.494 e. The first-order valence-corrected chi connectivity index (χ1v) is 7.39. The second-order valence-electron chi connectivity index (χ2n) is 5.53. The highest BCUT2D eigenvalue weighted by Crippen LogP contribution is 2.39. The van der Waals surface area contributed by atoms with E-state index >= 15 is 0 Å². The SMILES string of the molecule is CCOc1ccc2c(c1)c1c3n2CCNC3CCC1. The molecule has 0 spiro atoms. The summed E-state index contributed by atoms with van der Waals surface area (Å²) < 4.78 is 8.19.